The highest BCUT2D eigenvalue weighted by molar-refractivity contribution is 7.11. The largest absolute Gasteiger partial charge is 0.507 e. The van der Waals surface area contributed by atoms with Crippen molar-refractivity contribution in [2.75, 3.05) is 6.61 Å². The Balaban J connectivity index is 1.58. The number of nitrogens with zero attached hydrogens (tertiary/aromatic N) is 2. The molecule has 2 heterocycles. The Kier molecular flexibility index (Phi) is 6.10. The maximum Gasteiger partial charge on any atom is 0.340 e. The summed E-state index contributed by atoms with van der Waals surface area (Å²) < 4.78 is 18.5. The molecule has 32 heavy (non-hydrogen) atoms. The van der Waals surface area contributed by atoms with E-state index in [9.17, 15) is 19.6 Å². The van der Waals surface area contributed by atoms with Crippen LogP contribution in [0.2, 0.25) is 0 Å². The van der Waals surface area contributed by atoms with Gasteiger partial charge in [-0.25, -0.2) is 14.2 Å². The smallest absolute Gasteiger partial charge is 0.340 e. The van der Waals surface area contributed by atoms with Crippen molar-refractivity contribution in [3.63, 3.8) is 0 Å². The molecular formula is C24H16FN3O3S. The maximum absolute atomic E-state index is 13.2. The number of para-hydroxylation sites is 2. The van der Waals surface area contributed by atoms with Gasteiger partial charge >= 0.3 is 5.97 Å². The minimum absolute atomic E-state index is 0.116. The number of aromatic nitrogens is 2. The molecule has 8 heteroatoms. The number of aliphatic hydroxyl groups is 1. The van der Waals surface area contributed by atoms with E-state index < -0.39 is 18.3 Å². The number of hydrogen-bond acceptors (Lipinski definition) is 6. The van der Waals surface area contributed by atoms with Gasteiger partial charge in [0.05, 0.1) is 16.6 Å². The molecule has 0 bridgehead atoms. The van der Waals surface area contributed by atoms with Gasteiger partial charge in [-0.1, -0.05) is 30.3 Å². The minimum atomic E-state index is -0.690. The summed E-state index contributed by atoms with van der Waals surface area (Å²) in [5, 5.41) is 21.8. The molecule has 0 amide bonds. The molecular weight excluding hydrogens is 429 g/mol. The highest BCUT2D eigenvalue weighted by Gasteiger charge is 2.18. The predicted molar refractivity (Wildman–Crippen MR) is 121 cm³/mol. The zero-order valence-electron chi connectivity index (χ0n) is 16.6. The predicted octanol–water partition coefficient (Wildman–Crippen LogP) is 5.34. The molecule has 0 saturated heterocycles. The van der Waals surface area contributed by atoms with Gasteiger partial charge in [-0.2, -0.15) is 5.26 Å². The molecule has 2 N–H and O–H groups in total. The number of carbonyl (C=O) groups is 1. The summed E-state index contributed by atoms with van der Waals surface area (Å²) in [6, 6.07) is 18.3. The number of carbonyl (C=O) groups excluding carboxylic acids is 1. The number of rotatable bonds is 6. The fourth-order valence-corrected chi connectivity index (χ4v) is 3.73. The van der Waals surface area contributed by atoms with Crippen LogP contribution in [0.3, 0.4) is 0 Å². The Morgan fingerprint density at radius 2 is 1.97 bits per heavy atom. The van der Waals surface area contributed by atoms with Crippen LogP contribution in [-0.2, 0) is 9.53 Å². The molecule has 0 radical (unpaired) electrons. The highest BCUT2D eigenvalue weighted by Crippen LogP contribution is 2.25. The number of allylic oxidation sites excluding steroid dienone is 1. The van der Waals surface area contributed by atoms with E-state index >= 15 is 0 Å². The first kappa shape index (κ1) is 21.0. The van der Waals surface area contributed by atoms with Crippen molar-refractivity contribution < 1.29 is 19.0 Å². The SMILES string of the molecule is N#C/C(=C(/O)COC(=O)/C(=C/c1ccc(F)cc1)c1cccs1)c1nc2ccccc2[nH]1. The molecule has 6 nitrogen and oxygen atoms in total. The first-order chi connectivity index (χ1) is 15.5. The third-order valence-electron chi connectivity index (χ3n) is 4.55. The summed E-state index contributed by atoms with van der Waals surface area (Å²) in [7, 11) is 0. The number of nitrogens with one attached hydrogen (secondary N) is 1. The number of esters is 1. The fraction of sp³-hybridized carbons (Fsp3) is 0.0417. The number of aromatic amines is 1. The van der Waals surface area contributed by atoms with Gasteiger partial charge in [0.15, 0.2) is 11.6 Å². The van der Waals surface area contributed by atoms with Gasteiger partial charge in [-0.3, -0.25) is 0 Å². The first-order valence-electron chi connectivity index (χ1n) is 9.51. The van der Waals surface area contributed by atoms with Crippen LogP contribution in [0, 0.1) is 17.1 Å². The molecule has 4 rings (SSSR count). The fourth-order valence-electron chi connectivity index (χ4n) is 3.00. The second kappa shape index (κ2) is 9.29. The van der Waals surface area contributed by atoms with E-state index in [-0.39, 0.29) is 22.8 Å². The highest BCUT2D eigenvalue weighted by atomic mass is 32.1. The molecule has 0 unspecified atom stereocenters. The Labute approximate surface area is 186 Å². The van der Waals surface area contributed by atoms with Crippen LogP contribution in [0.25, 0.3) is 28.3 Å². The Hall–Kier alpha value is -4.22. The van der Waals surface area contributed by atoms with E-state index in [1.165, 1.54) is 23.5 Å². The molecule has 0 aliphatic heterocycles. The van der Waals surface area contributed by atoms with Gasteiger partial charge in [0.2, 0.25) is 0 Å². The molecule has 0 saturated carbocycles. The second-order valence-electron chi connectivity index (χ2n) is 6.70. The van der Waals surface area contributed by atoms with Gasteiger partial charge in [0.1, 0.15) is 24.1 Å². The van der Waals surface area contributed by atoms with Crippen molar-refractivity contribution in [2.24, 2.45) is 0 Å². The summed E-state index contributed by atoms with van der Waals surface area (Å²) in [5.74, 6) is -1.31. The van der Waals surface area contributed by atoms with Crippen LogP contribution >= 0.6 is 11.3 Å². The molecule has 2 aromatic heterocycles. The number of ether oxygens (including phenoxy) is 1. The number of imidazole rings is 1. The van der Waals surface area contributed by atoms with Crippen molar-refractivity contribution in [1.82, 2.24) is 9.97 Å². The van der Waals surface area contributed by atoms with E-state index in [1.54, 1.807) is 42.5 Å². The van der Waals surface area contributed by atoms with Gasteiger partial charge in [-0.05, 0) is 47.4 Å². The van der Waals surface area contributed by atoms with Crippen molar-refractivity contribution in [3.05, 3.63) is 93.9 Å². The van der Waals surface area contributed by atoms with Crippen molar-refractivity contribution >= 4 is 45.6 Å². The lowest BCUT2D eigenvalue weighted by Crippen LogP contribution is -2.10. The summed E-state index contributed by atoms with van der Waals surface area (Å²) in [6.07, 6.45) is 1.58. The van der Waals surface area contributed by atoms with Crippen molar-refractivity contribution in [3.8, 4) is 6.07 Å². The molecule has 4 aromatic rings. The van der Waals surface area contributed by atoms with Gasteiger partial charge in [0.25, 0.3) is 0 Å². The van der Waals surface area contributed by atoms with Gasteiger partial charge in [-0.15, -0.1) is 11.3 Å². The number of hydrogen-bond donors (Lipinski definition) is 2. The third-order valence-corrected chi connectivity index (χ3v) is 5.46. The van der Waals surface area contributed by atoms with E-state index in [0.29, 0.717) is 21.5 Å². The normalized spacial score (nSPS) is 12.3. The number of thiophene rings is 1. The van der Waals surface area contributed by atoms with Crippen LogP contribution in [0.5, 0.6) is 0 Å². The van der Waals surface area contributed by atoms with Crippen molar-refractivity contribution in [1.29, 1.82) is 5.26 Å². The molecule has 158 valence electrons. The van der Waals surface area contributed by atoms with Crippen molar-refractivity contribution in [2.45, 2.75) is 0 Å². The van der Waals surface area contributed by atoms with Crippen LogP contribution in [0.15, 0.2) is 71.8 Å². The summed E-state index contributed by atoms with van der Waals surface area (Å²) in [4.78, 5) is 20.7. The lowest BCUT2D eigenvalue weighted by molar-refractivity contribution is -0.136. The standard InChI is InChI=1S/C24H16FN3O3S/c25-16-9-7-15(8-10-16)12-17(22-6-3-11-32-22)24(30)31-14-21(29)18(13-26)23-27-19-4-1-2-5-20(19)28-23/h1-12,29H,14H2,(H,27,28)/b17-12+,21-18-. The number of nitriles is 1. The Morgan fingerprint density at radius 1 is 1.19 bits per heavy atom. The van der Waals surface area contributed by atoms with Gasteiger partial charge < -0.3 is 14.8 Å². The average molecular weight is 445 g/mol. The number of halogens is 1. The van der Waals surface area contributed by atoms with Crippen LogP contribution < -0.4 is 0 Å². The van der Waals surface area contributed by atoms with Gasteiger partial charge in [0, 0.05) is 4.88 Å². The maximum atomic E-state index is 13.2. The lowest BCUT2D eigenvalue weighted by atomic mass is 10.1. The Morgan fingerprint density at radius 3 is 2.66 bits per heavy atom. The molecule has 0 atom stereocenters. The molecule has 0 aliphatic rings. The zero-order chi connectivity index (χ0) is 22.5. The monoisotopic (exact) mass is 445 g/mol. The average Bonchev–Trinajstić information content (AvgIpc) is 3.47. The van der Waals surface area contributed by atoms with Crippen LogP contribution in [-0.4, -0.2) is 27.7 Å². The number of aliphatic hydroxyl groups excluding tert-OH is 1. The molecule has 2 aromatic carbocycles. The van der Waals surface area contributed by atoms with E-state index in [0.717, 1.165) is 0 Å². The minimum Gasteiger partial charge on any atom is -0.507 e. The molecule has 0 aliphatic carbocycles. The number of fused-ring (bicyclic) bond motifs is 1. The Bertz CT molecular complexity index is 1330. The third kappa shape index (κ3) is 4.58. The quantitative estimate of drug-likeness (QED) is 0.181. The number of benzene rings is 2. The molecule has 0 spiro atoms. The lowest BCUT2D eigenvalue weighted by Gasteiger charge is -2.08. The van der Waals surface area contributed by atoms with E-state index in [1.807, 2.05) is 23.6 Å². The van der Waals surface area contributed by atoms with Crippen LogP contribution in [0.1, 0.15) is 16.3 Å². The summed E-state index contributed by atoms with van der Waals surface area (Å²) in [5.41, 5.74) is 2.10. The summed E-state index contributed by atoms with van der Waals surface area (Å²) in [6.45, 7) is -0.509. The topological polar surface area (TPSA) is 99.0 Å². The number of H-pyrrole nitrogens is 1. The van der Waals surface area contributed by atoms with E-state index in [4.69, 9.17) is 4.74 Å². The van der Waals surface area contributed by atoms with E-state index in [2.05, 4.69) is 9.97 Å². The molecule has 0 fully saturated rings. The second-order valence-corrected chi connectivity index (χ2v) is 7.65. The van der Waals surface area contributed by atoms with Crippen LogP contribution in [0.4, 0.5) is 4.39 Å². The zero-order valence-corrected chi connectivity index (χ0v) is 17.4. The summed E-state index contributed by atoms with van der Waals surface area (Å²) >= 11 is 1.34. The first-order valence-corrected chi connectivity index (χ1v) is 10.4.